The Labute approximate surface area is 272 Å². The lowest BCUT2D eigenvalue weighted by molar-refractivity contribution is 0.0584. The number of nitrogens with one attached hydrogen (secondary N) is 2. The van der Waals surface area contributed by atoms with Crippen LogP contribution >= 0.6 is 0 Å². The Morgan fingerprint density at radius 1 is 0.935 bits per heavy atom. The number of nitrogens with zero attached hydrogens (tertiary/aromatic N) is 2. The van der Waals surface area contributed by atoms with Crippen LogP contribution in [0.15, 0.2) is 76.4 Å². The molecule has 2 N–H and O–H groups in total. The fraction of sp³-hybridized carbons (Fsp3) is 0.378. The highest BCUT2D eigenvalue weighted by molar-refractivity contribution is 7.92. The molecule has 8 nitrogen and oxygen atoms in total. The number of benzene rings is 3. The van der Waals surface area contributed by atoms with Gasteiger partial charge in [-0.2, -0.15) is 0 Å². The highest BCUT2D eigenvalue weighted by Gasteiger charge is 2.34. The van der Waals surface area contributed by atoms with Gasteiger partial charge in [0.2, 0.25) is 5.95 Å². The Balaban J connectivity index is 1.46. The first-order valence-electron chi connectivity index (χ1n) is 15.7. The van der Waals surface area contributed by atoms with Crippen LogP contribution in [0.5, 0.6) is 0 Å². The van der Waals surface area contributed by atoms with Crippen LogP contribution in [0.1, 0.15) is 86.1 Å². The minimum atomic E-state index is -4.20. The van der Waals surface area contributed by atoms with Crippen LogP contribution in [0, 0.1) is 19.3 Å². The number of sulfonamides is 1. The van der Waals surface area contributed by atoms with Crippen molar-refractivity contribution >= 4 is 21.9 Å². The summed E-state index contributed by atoms with van der Waals surface area (Å²) in [6.45, 7) is 17.3. The molecule has 1 aromatic heterocycles. The van der Waals surface area contributed by atoms with E-state index in [0.717, 1.165) is 35.1 Å². The molecule has 0 fully saturated rings. The Hall–Kier alpha value is -4.24. The van der Waals surface area contributed by atoms with Crippen LogP contribution in [-0.2, 0) is 28.4 Å². The molecular formula is C37H44N4O4S. The Kier molecular flexibility index (Phi) is 8.77. The summed E-state index contributed by atoms with van der Waals surface area (Å²) >= 11 is 0. The lowest BCUT2D eigenvalue weighted by Crippen LogP contribution is -2.46. The number of anilines is 1. The molecule has 4 aromatic rings. The maximum atomic E-state index is 14.2. The summed E-state index contributed by atoms with van der Waals surface area (Å²) in [5, 5.41) is 0. The third-order valence-corrected chi connectivity index (χ3v) is 9.86. The van der Waals surface area contributed by atoms with E-state index in [-0.39, 0.29) is 39.2 Å². The van der Waals surface area contributed by atoms with Gasteiger partial charge in [-0.15, -0.1) is 0 Å². The number of rotatable bonds is 6. The monoisotopic (exact) mass is 640 g/mol. The van der Waals surface area contributed by atoms with Crippen molar-refractivity contribution in [3.8, 4) is 11.3 Å². The van der Waals surface area contributed by atoms with Crippen LogP contribution in [0.25, 0.3) is 11.3 Å². The molecule has 5 rings (SSSR count). The van der Waals surface area contributed by atoms with Gasteiger partial charge in [0.05, 0.1) is 10.6 Å². The van der Waals surface area contributed by atoms with E-state index in [4.69, 9.17) is 0 Å². The van der Waals surface area contributed by atoms with Crippen molar-refractivity contribution in [1.82, 2.24) is 14.9 Å². The molecule has 9 heteroatoms. The highest BCUT2D eigenvalue weighted by Crippen LogP contribution is 2.35. The molecule has 0 bridgehead atoms. The van der Waals surface area contributed by atoms with Crippen molar-refractivity contribution in [2.75, 3.05) is 4.72 Å². The largest absolute Gasteiger partial charge is 0.331 e. The summed E-state index contributed by atoms with van der Waals surface area (Å²) in [7, 11) is -4.20. The number of aromatic amines is 1. The Morgan fingerprint density at radius 2 is 1.61 bits per heavy atom. The van der Waals surface area contributed by atoms with Crippen LogP contribution in [0.4, 0.5) is 5.95 Å². The second-order valence-corrected chi connectivity index (χ2v) is 16.4. The average Bonchev–Trinajstić information content (AvgIpc) is 2.94. The van der Waals surface area contributed by atoms with Gasteiger partial charge in [-0.3, -0.25) is 14.6 Å². The quantitative estimate of drug-likeness (QED) is 0.232. The minimum Gasteiger partial charge on any atom is -0.331 e. The normalized spacial score (nSPS) is 15.4. The van der Waals surface area contributed by atoms with E-state index in [1.54, 1.807) is 12.1 Å². The lowest BCUT2D eigenvalue weighted by Gasteiger charge is -2.40. The molecule has 0 saturated heterocycles. The van der Waals surface area contributed by atoms with Gasteiger partial charge in [0.1, 0.15) is 0 Å². The SMILES string of the molecule is Cc1cccc(C)c1-c1cc(=O)[nH]c(NS(=O)(=O)c2cccc(C(=O)N3Cc4cc(C(C)(C)C)ccc4C[C@H]3CC(C)(C)C)c2)n1. The first kappa shape index (κ1) is 33.1. The minimum absolute atomic E-state index is 0.0174. The number of aryl methyl sites for hydroxylation is 2. The molecule has 3 aromatic carbocycles. The third-order valence-electron chi connectivity index (χ3n) is 8.52. The zero-order chi connectivity index (χ0) is 33.6. The number of hydrogen-bond acceptors (Lipinski definition) is 5. The number of amides is 1. The highest BCUT2D eigenvalue weighted by atomic mass is 32.2. The standard InChI is InChI=1S/C37H44N4O4S/c1-23-11-9-12-24(2)33(23)31-20-32(42)39-35(38-31)40-46(44,45)30-14-10-13-26(19-30)34(43)41-22-27-17-28(37(6,7)8)16-15-25(27)18-29(41)21-36(3,4)5/h9-17,19-20,29H,18,21-22H2,1-8H3,(H2,38,39,40,42)/t29-/m0/s1. The topological polar surface area (TPSA) is 112 Å². The van der Waals surface area contributed by atoms with Crippen LogP contribution < -0.4 is 10.3 Å². The second kappa shape index (κ2) is 12.2. The number of fused-ring (bicyclic) bond motifs is 1. The van der Waals surface area contributed by atoms with Crippen LogP contribution in [0.2, 0.25) is 0 Å². The smallest absolute Gasteiger partial charge is 0.264 e. The summed E-state index contributed by atoms with van der Waals surface area (Å²) in [5.41, 5.74) is 6.29. The molecule has 0 unspecified atom stereocenters. The van der Waals surface area contributed by atoms with E-state index in [1.807, 2.05) is 36.9 Å². The zero-order valence-electron chi connectivity index (χ0n) is 28.0. The Bertz CT molecular complexity index is 1950. The van der Waals surface area contributed by atoms with E-state index in [2.05, 4.69) is 74.4 Å². The van der Waals surface area contributed by atoms with Gasteiger partial charge in [0, 0.05) is 29.8 Å². The maximum Gasteiger partial charge on any atom is 0.264 e. The predicted molar refractivity (Wildman–Crippen MR) is 184 cm³/mol. The van der Waals surface area contributed by atoms with Crippen LogP contribution in [0.3, 0.4) is 0 Å². The number of carbonyl (C=O) groups is 1. The van der Waals surface area contributed by atoms with Gasteiger partial charge in [-0.25, -0.2) is 18.1 Å². The molecule has 0 saturated carbocycles. The number of carbonyl (C=O) groups excluding carboxylic acids is 1. The summed E-state index contributed by atoms with van der Waals surface area (Å²) in [5.74, 6) is -0.420. The summed E-state index contributed by atoms with van der Waals surface area (Å²) in [6, 6.07) is 19.7. The van der Waals surface area contributed by atoms with Crippen molar-refractivity contribution in [3.05, 3.63) is 110 Å². The zero-order valence-corrected chi connectivity index (χ0v) is 28.8. The molecule has 1 aliphatic heterocycles. The first-order chi connectivity index (χ1) is 21.4. The van der Waals surface area contributed by atoms with Crippen molar-refractivity contribution in [2.45, 2.75) is 91.1 Å². The van der Waals surface area contributed by atoms with Gasteiger partial charge in [0.15, 0.2) is 0 Å². The van der Waals surface area contributed by atoms with Crippen molar-refractivity contribution in [3.63, 3.8) is 0 Å². The van der Waals surface area contributed by atoms with Crippen molar-refractivity contribution in [2.24, 2.45) is 5.41 Å². The van der Waals surface area contributed by atoms with Gasteiger partial charge >= 0.3 is 0 Å². The molecule has 1 amide bonds. The van der Waals surface area contributed by atoms with E-state index >= 15 is 0 Å². The summed E-state index contributed by atoms with van der Waals surface area (Å²) < 4.78 is 29.6. The van der Waals surface area contributed by atoms with Crippen LogP contribution in [-0.4, -0.2) is 35.2 Å². The molecule has 1 aliphatic rings. The van der Waals surface area contributed by atoms with E-state index in [9.17, 15) is 18.0 Å². The van der Waals surface area contributed by atoms with Gasteiger partial charge < -0.3 is 4.90 Å². The summed E-state index contributed by atoms with van der Waals surface area (Å²) in [6.07, 6.45) is 1.53. The molecule has 0 aliphatic carbocycles. The van der Waals surface area contributed by atoms with E-state index in [1.165, 1.54) is 29.3 Å². The molecule has 2 heterocycles. The third kappa shape index (κ3) is 7.25. The maximum absolute atomic E-state index is 14.2. The first-order valence-corrected chi connectivity index (χ1v) is 17.1. The van der Waals surface area contributed by atoms with Gasteiger partial charge in [-0.05, 0) is 83.5 Å². The predicted octanol–water partition coefficient (Wildman–Crippen LogP) is 7.16. The fourth-order valence-corrected chi connectivity index (χ4v) is 7.25. The van der Waals surface area contributed by atoms with E-state index in [0.29, 0.717) is 12.2 Å². The van der Waals surface area contributed by atoms with Gasteiger partial charge in [-0.1, -0.05) is 84.0 Å². The van der Waals surface area contributed by atoms with Crippen molar-refractivity contribution < 1.29 is 13.2 Å². The molecule has 0 radical (unpaired) electrons. The van der Waals surface area contributed by atoms with E-state index < -0.39 is 15.6 Å². The molecule has 242 valence electrons. The molecule has 1 atom stereocenters. The molecular weight excluding hydrogens is 596 g/mol. The lowest BCUT2D eigenvalue weighted by atomic mass is 9.80. The number of hydrogen-bond donors (Lipinski definition) is 2. The van der Waals surface area contributed by atoms with Gasteiger partial charge in [0.25, 0.3) is 21.5 Å². The second-order valence-electron chi connectivity index (χ2n) is 14.7. The van der Waals surface area contributed by atoms with Crippen molar-refractivity contribution in [1.29, 1.82) is 0 Å². The summed E-state index contributed by atoms with van der Waals surface area (Å²) in [4.78, 5) is 35.5. The number of aromatic nitrogens is 2. The Morgan fingerprint density at radius 3 is 2.26 bits per heavy atom. The fourth-order valence-electron chi connectivity index (χ4n) is 6.24. The molecule has 0 spiro atoms. The molecule has 46 heavy (non-hydrogen) atoms. The average molecular weight is 641 g/mol. The number of H-pyrrole nitrogens is 1.